The van der Waals surface area contributed by atoms with Gasteiger partial charge in [0, 0.05) is 43.9 Å². The van der Waals surface area contributed by atoms with Crippen LogP contribution < -0.4 is 4.90 Å². The van der Waals surface area contributed by atoms with Crippen LogP contribution in [-0.2, 0) is 29.9 Å². The van der Waals surface area contributed by atoms with Crippen molar-refractivity contribution in [1.29, 1.82) is 0 Å². The fraction of sp³-hybridized carbons (Fsp3) is 0.533. The van der Waals surface area contributed by atoms with Crippen LogP contribution in [-0.4, -0.2) is 35.7 Å². The molecule has 25 heavy (non-hydrogen) atoms. The third-order valence-electron chi connectivity index (χ3n) is 4.33. The minimum absolute atomic E-state index is 0.0175. The maximum absolute atomic E-state index is 11.8. The smallest absolute Gasteiger partial charge is 0.305 e. The van der Waals surface area contributed by atoms with Crippen LogP contribution in [0.25, 0.3) is 0 Å². The summed E-state index contributed by atoms with van der Waals surface area (Å²) in [6, 6.07) is 1.16. The lowest BCUT2D eigenvalue weighted by Gasteiger charge is -2.26. The molecule has 0 spiro atoms. The molecule has 3 heterocycles. The van der Waals surface area contributed by atoms with Gasteiger partial charge in [0.2, 0.25) is 0 Å². The van der Waals surface area contributed by atoms with Crippen molar-refractivity contribution in [1.82, 2.24) is 9.55 Å². The molecule has 0 N–H and O–H groups in total. The highest BCUT2D eigenvalue weighted by atomic mass is 32.2. The van der Waals surface area contributed by atoms with Crippen molar-refractivity contribution in [2.75, 3.05) is 17.7 Å². The van der Waals surface area contributed by atoms with Gasteiger partial charge in [0.15, 0.2) is 14.8 Å². The topological polar surface area (TPSA) is 98.3 Å². The van der Waals surface area contributed by atoms with Crippen LogP contribution in [0, 0.1) is 10.1 Å². The van der Waals surface area contributed by atoms with Crippen molar-refractivity contribution in [2.45, 2.75) is 36.9 Å². The molecule has 1 aliphatic heterocycles. The van der Waals surface area contributed by atoms with E-state index in [1.165, 1.54) is 0 Å². The molecular weight excluding hydrogens is 364 g/mol. The van der Waals surface area contributed by atoms with E-state index < -0.39 is 14.8 Å². The monoisotopic (exact) mass is 384 g/mol. The van der Waals surface area contributed by atoms with E-state index in [4.69, 9.17) is 4.98 Å². The number of hydrogen-bond donors (Lipinski definition) is 0. The van der Waals surface area contributed by atoms with Gasteiger partial charge in [-0.15, -0.1) is 0 Å². The molecule has 10 heteroatoms. The zero-order valence-corrected chi connectivity index (χ0v) is 16.1. The zero-order valence-electron chi connectivity index (χ0n) is 14.5. The van der Waals surface area contributed by atoms with Gasteiger partial charge in [-0.3, -0.25) is 10.1 Å². The molecule has 3 rings (SSSR count). The van der Waals surface area contributed by atoms with Crippen molar-refractivity contribution in [3.05, 3.63) is 33.4 Å². The van der Waals surface area contributed by atoms with Crippen LogP contribution in [0.15, 0.2) is 10.3 Å². The second-order valence-electron chi connectivity index (χ2n) is 6.53. The number of nitro groups is 1. The Morgan fingerprint density at radius 3 is 2.64 bits per heavy atom. The summed E-state index contributed by atoms with van der Waals surface area (Å²) in [5, 5.41) is 11.8. The summed E-state index contributed by atoms with van der Waals surface area (Å²) in [5.74, 6) is 1.28. The molecule has 0 radical (unpaired) electrons. The van der Waals surface area contributed by atoms with E-state index in [-0.39, 0.29) is 15.8 Å². The first-order valence-corrected chi connectivity index (χ1v) is 10.6. The molecule has 1 aliphatic rings. The number of imidazole rings is 1. The number of anilines is 1. The highest BCUT2D eigenvalue weighted by Crippen LogP contribution is 2.41. The average molecular weight is 384 g/mol. The van der Waals surface area contributed by atoms with Crippen molar-refractivity contribution in [3.8, 4) is 0 Å². The lowest BCUT2D eigenvalue weighted by Crippen LogP contribution is -2.30. The summed E-state index contributed by atoms with van der Waals surface area (Å²) in [5.41, 5.74) is 1.89. The van der Waals surface area contributed by atoms with Gasteiger partial charge in [0.05, 0.1) is 17.2 Å². The first-order valence-electron chi connectivity index (χ1n) is 7.87. The molecule has 0 bridgehead atoms. The molecule has 2 aromatic heterocycles. The van der Waals surface area contributed by atoms with Crippen LogP contribution >= 0.6 is 11.3 Å². The second-order valence-corrected chi connectivity index (χ2v) is 9.81. The molecule has 8 nitrogen and oxygen atoms in total. The van der Waals surface area contributed by atoms with Crippen molar-refractivity contribution >= 4 is 31.9 Å². The Morgan fingerprint density at radius 2 is 2.08 bits per heavy atom. The molecule has 0 saturated heterocycles. The summed E-state index contributed by atoms with van der Waals surface area (Å²) in [7, 11) is -1.49. The lowest BCUT2D eigenvalue weighted by molar-refractivity contribution is -0.383. The first-order chi connectivity index (χ1) is 11.6. The predicted octanol–water partition coefficient (Wildman–Crippen LogP) is 2.48. The van der Waals surface area contributed by atoms with Crippen molar-refractivity contribution < 1.29 is 13.3 Å². The van der Waals surface area contributed by atoms with E-state index in [2.05, 4.69) is 18.4 Å². The quantitative estimate of drug-likeness (QED) is 0.593. The van der Waals surface area contributed by atoms with Gasteiger partial charge in [-0.1, -0.05) is 25.2 Å². The molecule has 0 aromatic carbocycles. The molecule has 136 valence electrons. The summed E-state index contributed by atoms with van der Waals surface area (Å²) in [6.45, 7) is 5.19. The van der Waals surface area contributed by atoms with E-state index in [1.54, 1.807) is 0 Å². The predicted molar refractivity (Wildman–Crippen MR) is 96.1 cm³/mol. The number of hydrogen-bond acceptors (Lipinski definition) is 7. The highest BCUT2D eigenvalue weighted by molar-refractivity contribution is 7.92. The Bertz CT molecular complexity index is 943. The first kappa shape index (κ1) is 17.9. The van der Waals surface area contributed by atoms with Crippen molar-refractivity contribution in [2.24, 2.45) is 7.05 Å². The number of rotatable bonds is 4. The van der Waals surface area contributed by atoms with E-state index >= 15 is 0 Å². The number of thiophene rings is 1. The fourth-order valence-corrected chi connectivity index (χ4v) is 5.18. The maximum atomic E-state index is 11.8. The van der Waals surface area contributed by atoms with Crippen LogP contribution in [0.2, 0.25) is 0 Å². The van der Waals surface area contributed by atoms with Crippen molar-refractivity contribution in [3.63, 3.8) is 0 Å². The molecule has 0 aliphatic carbocycles. The number of sulfone groups is 1. The number of aromatic nitrogens is 2. The zero-order chi connectivity index (χ0) is 18.5. The number of nitrogens with zero attached hydrogens (tertiary/aromatic N) is 4. The maximum Gasteiger partial charge on any atom is 0.305 e. The molecule has 0 amide bonds. The third kappa shape index (κ3) is 3.15. The Balaban J connectivity index is 2.01. The largest absolute Gasteiger partial charge is 0.351 e. The fourth-order valence-electron chi connectivity index (χ4n) is 3.13. The van der Waals surface area contributed by atoms with Crippen LogP contribution in [0.3, 0.4) is 0 Å². The molecule has 0 fully saturated rings. The van der Waals surface area contributed by atoms with Gasteiger partial charge < -0.3 is 9.47 Å². The summed E-state index contributed by atoms with van der Waals surface area (Å²) in [4.78, 5) is 17.4. The molecule has 0 saturated carbocycles. The van der Waals surface area contributed by atoms with E-state index in [0.29, 0.717) is 18.1 Å². The Labute approximate surface area is 150 Å². The molecule has 0 atom stereocenters. The third-order valence-corrected chi connectivity index (χ3v) is 7.31. The van der Waals surface area contributed by atoms with Gasteiger partial charge in [0.1, 0.15) is 10.0 Å². The Morgan fingerprint density at radius 1 is 1.40 bits per heavy atom. The van der Waals surface area contributed by atoms with Gasteiger partial charge in [-0.2, -0.15) is 0 Å². The van der Waals surface area contributed by atoms with E-state index in [1.807, 2.05) is 11.9 Å². The van der Waals surface area contributed by atoms with E-state index in [9.17, 15) is 18.5 Å². The molecular formula is C15H20N4O4S2. The van der Waals surface area contributed by atoms with E-state index in [0.717, 1.165) is 47.3 Å². The van der Waals surface area contributed by atoms with Crippen LogP contribution in [0.1, 0.15) is 37.0 Å². The van der Waals surface area contributed by atoms with Gasteiger partial charge in [-0.25, -0.2) is 13.4 Å². The van der Waals surface area contributed by atoms with Gasteiger partial charge >= 0.3 is 5.69 Å². The van der Waals surface area contributed by atoms with Crippen LogP contribution in [0.4, 0.5) is 10.7 Å². The second kappa shape index (κ2) is 6.10. The Kier molecular flexibility index (Phi) is 4.36. The SMILES string of the molecule is CC(C)c1nc2c(n1C)CCN(c1sc(S(C)(=O)=O)cc1[N+](=O)[O-])C2. The summed E-state index contributed by atoms with van der Waals surface area (Å²) in [6.07, 6.45) is 1.78. The summed E-state index contributed by atoms with van der Waals surface area (Å²) >= 11 is 0.955. The highest BCUT2D eigenvalue weighted by Gasteiger charge is 2.31. The van der Waals surface area contributed by atoms with Gasteiger partial charge in [-0.05, 0) is 0 Å². The minimum atomic E-state index is -3.48. The minimum Gasteiger partial charge on any atom is -0.351 e. The number of fused-ring (bicyclic) bond motifs is 1. The molecule has 0 unspecified atom stereocenters. The average Bonchev–Trinajstić information content (AvgIpc) is 3.09. The standard InChI is InChI=1S/C15H20N4O4S2/c1-9(2)14-16-10-8-18(6-5-11(10)17(14)3)15-12(19(20)21)7-13(24-15)25(4,22)23/h7,9H,5-6,8H2,1-4H3. The Hall–Kier alpha value is -1.94. The van der Waals surface area contributed by atoms with Gasteiger partial charge in [0.25, 0.3) is 0 Å². The lowest BCUT2D eigenvalue weighted by atomic mass is 10.1. The summed E-state index contributed by atoms with van der Waals surface area (Å²) < 4.78 is 25.7. The van der Waals surface area contributed by atoms with Crippen LogP contribution in [0.5, 0.6) is 0 Å². The normalized spacial score (nSPS) is 14.8. The molecule has 2 aromatic rings.